The third-order valence-corrected chi connectivity index (χ3v) is 3.39. The molecule has 1 saturated carbocycles. The summed E-state index contributed by atoms with van der Waals surface area (Å²) >= 11 is 0. The van der Waals surface area contributed by atoms with Gasteiger partial charge in [0, 0.05) is 5.69 Å². The Morgan fingerprint density at radius 3 is 2.29 bits per heavy atom. The largest absolute Gasteiger partial charge is 0.324 e. The van der Waals surface area contributed by atoms with Crippen molar-refractivity contribution in [3.05, 3.63) is 29.3 Å². The van der Waals surface area contributed by atoms with Gasteiger partial charge in [0.2, 0.25) is 5.91 Å². The summed E-state index contributed by atoms with van der Waals surface area (Å²) in [5.74, 6) is 0.262. The zero-order valence-corrected chi connectivity index (χ0v) is 10.7. The van der Waals surface area contributed by atoms with Gasteiger partial charge in [-0.25, -0.2) is 0 Å². The van der Waals surface area contributed by atoms with Gasteiger partial charge in [0.15, 0.2) is 0 Å². The predicted octanol–water partition coefficient (Wildman–Crippen LogP) is 2.37. The number of amides is 1. The van der Waals surface area contributed by atoms with Crippen LogP contribution in [-0.2, 0) is 4.79 Å². The molecule has 1 aromatic carbocycles. The summed E-state index contributed by atoms with van der Waals surface area (Å²) in [6, 6.07) is 6.01. The molecule has 0 bridgehead atoms. The monoisotopic (exact) mass is 232 g/mol. The molecule has 1 aliphatic rings. The number of nitrogens with two attached hydrogens (primary N) is 1. The first-order valence-electron chi connectivity index (χ1n) is 6.08. The molecule has 1 atom stereocenters. The smallest absolute Gasteiger partial charge is 0.244 e. The van der Waals surface area contributed by atoms with Crippen molar-refractivity contribution < 1.29 is 4.79 Å². The average molecular weight is 232 g/mol. The zero-order valence-electron chi connectivity index (χ0n) is 10.7. The van der Waals surface area contributed by atoms with Crippen LogP contribution < -0.4 is 11.1 Å². The Bertz CT molecular complexity index is 427. The predicted molar refractivity (Wildman–Crippen MR) is 69.9 cm³/mol. The molecule has 1 unspecified atom stereocenters. The van der Waals surface area contributed by atoms with Crippen LogP contribution in [0.4, 0.5) is 5.69 Å². The summed E-state index contributed by atoms with van der Waals surface area (Å²) in [7, 11) is 0. The van der Waals surface area contributed by atoms with Gasteiger partial charge >= 0.3 is 0 Å². The number of rotatable bonds is 3. The van der Waals surface area contributed by atoms with E-state index in [2.05, 4.69) is 11.4 Å². The van der Waals surface area contributed by atoms with E-state index in [9.17, 15) is 4.79 Å². The van der Waals surface area contributed by atoms with Crippen LogP contribution in [0.5, 0.6) is 0 Å². The van der Waals surface area contributed by atoms with E-state index < -0.39 is 5.54 Å². The SMILES string of the molecule is Cc1cc(C)cc(NC(=O)C(C)(N)C2CC2)c1. The Labute approximate surface area is 102 Å². The van der Waals surface area contributed by atoms with Crippen molar-refractivity contribution >= 4 is 11.6 Å². The van der Waals surface area contributed by atoms with E-state index in [-0.39, 0.29) is 5.91 Å². The second kappa shape index (κ2) is 4.15. The van der Waals surface area contributed by atoms with Crippen LogP contribution in [0.25, 0.3) is 0 Å². The molecule has 17 heavy (non-hydrogen) atoms. The van der Waals surface area contributed by atoms with Crippen molar-refractivity contribution in [1.82, 2.24) is 0 Å². The van der Waals surface area contributed by atoms with Gasteiger partial charge in [-0.15, -0.1) is 0 Å². The van der Waals surface area contributed by atoms with Crippen LogP contribution in [0, 0.1) is 19.8 Å². The highest BCUT2D eigenvalue weighted by Crippen LogP contribution is 2.38. The summed E-state index contributed by atoms with van der Waals surface area (Å²) < 4.78 is 0. The fourth-order valence-corrected chi connectivity index (χ4v) is 2.18. The summed E-state index contributed by atoms with van der Waals surface area (Å²) in [5, 5.41) is 2.92. The van der Waals surface area contributed by atoms with Gasteiger partial charge in [0.1, 0.15) is 0 Å². The van der Waals surface area contributed by atoms with Crippen LogP contribution in [0.15, 0.2) is 18.2 Å². The van der Waals surface area contributed by atoms with Gasteiger partial charge in [-0.1, -0.05) is 6.07 Å². The Hall–Kier alpha value is -1.35. The number of aryl methyl sites for hydroxylation is 2. The van der Waals surface area contributed by atoms with E-state index in [1.807, 2.05) is 32.9 Å². The molecule has 3 nitrogen and oxygen atoms in total. The first-order valence-corrected chi connectivity index (χ1v) is 6.08. The minimum atomic E-state index is -0.738. The summed E-state index contributed by atoms with van der Waals surface area (Å²) in [5.41, 5.74) is 8.46. The van der Waals surface area contributed by atoms with Crippen LogP contribution in [0.2, 0.25) is 0 Å². The maximum absolute atomic E-state index is 12.1. The molecule has 2 rings (SSSR count). The molecule has 0 saturated heterocycles. The van der Waals surface area contributed by atoms with E-state index in [0.29, 0.717) is 5.92 Å². The highest BCUT2D eigenvalue weighted by molar-refractivity contribution is 5.98. The average Bonchev–Trinajstić information content (AvgIpc) is 2.98. The molecule has 0 aromatic heterocycles. The molecule has 1 aromatic rings. The van der Waals surface area contributed by atoms with Crippen LogP contribution >= 0.6 is 0 Å². The fraction of sp³-hybridized carbons (Fsp3) is 0.500. The zero-order chi connectivity index (χ0) is 12.6. The van der Waals surface area contributed by atoms with E-state index >= 15 is 0 Å². The van der Waals surface area contributed by atoms with E-state index in [1.165, 1.54) is 0 Å². The maximum atomic E-state index is 12.1. The third kappa shape index (κ3) is 2.67. The normalized spacial score (nSPS) is 18.6. The van der Waals surface area contributed by atoms with E-state index in [4.69, 9.17) is 5.73 Å². The van der Waals surface area contributed by atoms with Crippen LogP contribution in [-0.4, -0.2) is 11.4 Å². The first kappa shape index (κ1) is 12.1. The number of hydrogen-bond donors (Lipinski definition) is 2. The second-order valence-electron chi connectivity index (χ2n) is 5.39. The topological polar surface area (TPSA) is 55.1 Å². The number of carbonyl (C=O) groups excluding carboxylic acids is 1. The lowest BCUT2D eigenvalue weighted by Gasteiger charge is -2.23. The van der Waals surface area contributed by atoms with Crippen molar-refractivity contribution in [1.29, 1.82) is 0 Å². The molecular weight excluding hydrogens is 212 g/mol. The van der Waals surface area contributed by atoms with Gasteiger partial charge < -0.3 is 11.1 Å². The van der Waals surface area contributed by atoms with Crippen molar-refractivity contribution in [2.75, 3.05) is 5.32 Å². The lowest BCUT2D eigenvalue weighted by atomic mass is 9.96. The molecule has 0 radical (unpaired) electrons. The highest BCUT2D eigenvalue weighted by atomic mass is 16.2. The standard InChI is InChI=1S/C14H20N2O/c1-9-6-10(2)8-12(7-9)16-13(17)14(3,15)11-4-5-11/h6-8,11H,4-5,15H2,1-3H3,(H,16,17). The van der Waals surface area contributed by atoms with Gasteiger partial charge in [0.05, 0.1) is 5.54 Å². The van der Waals surface area contributed by atoms with E-state index in [1.54, 1.807) is 0 Å². The van der Waals surface area contributed by atoms with Crippen molar-refractivity contribution in [2.45, 2.75) is 39.2 Å². The summed E-state index contributed by atoms with van der Waals surface area (Å²) in [6.07, 6.45) is 2.13. The third-order valence-electron chi connectivity index (χ3n) is 3.39. The molecule has 0 spiro atoms. The number of nitrogens with one attached hydrogen (secondary N) is 1. The molecule has 3 heteroatoms. The Balaban J connectivity index is 2.12. The Morgan fingerprint density at radius 1 is 1.29 bits per heavy atom. The maximum Gasteiger partial charge on any atom is 0.244 e. The molecule has 0 aliphatic heterocycles. The van der Waals surface area contributed by atoms with Crippen molar-refractivity contribution in [2.24, 2.45) is 11.7 Å². The number of hydrogen-bond acceptors (Lipinski definition) is 2. The molecular formula is C14H20N2O. The molecule has 1 amide bonds. The van der Waals surface area contributed by atoms with Gasteiger partial charge in [0.25, 0.3) is 0 Å². The number of anilines is 1. The van der Waals surface area contributed by atoms with Gasteiger partial charge in [-0.05, 0) is 62.8 Å². The minimum absolute atomic E-state index is 0.0787. The lowest BCUT2D eigenvalue weighted by Crippen LogP contribution is -2.50. The molecule has 1 fully saturated rings. The second-order valence-corrected chi connectivity index (χ2v) is 5.39. The molecule has 1 aliphatic carbocycles. The first-order chi connectivity index (χ1) is 7.89. The fourth-order valence-electron chi connectivity index (χ4n) is 2.18. The number of benzene rings is 1. The quantitative estimate of drug-likeness (QED) is 0.840. The minimum Gasteiger partial charge on any atom is -0.324 e. The summed E-state index contributed by atoms with van der Waals surface area (Å²) in [6.45, 7) is 5.86. The molecule has 92 valence electrons. The Kier molecular flexibility index (Phi) is 2.96. The lowest BCUT2D eigenvalue weighted by molar-refractivity contribution is -0.121. The number of carbonyl (C=O) groups is 1. The molecule has 3 N–H and O–H groups in total. The van der Waals surface area contributed by atoms with Gasteiger partial charge in [-0.3, -0.25) is 4.79 Å². The van der Waals surface area contributed by atoms with E-state index in [0.717, 1.165) is 29.7 Å². The highest BCUT2D eigenvalue weighted by Gasteiger charge is 2.44. The molecule has 0 heterocycles. The van der Waals surface area contributed by atoms with Crippen molar-refractivity contribution in [3.63, 3.8) is 0 Å². The van der Waals surface area contributed by atoms with Crippen LogP contribution in [0.3, 0.4) is 0 Å². The van der Waals surface area contributed by atoms with Crippen LogP contribution in [0.1, 0.15) is 30.9 Å². The summed E-state index contributed by atoms with van der Waals surface area (Å²) in [4.78, 5) is 12.1. The Morgan fingerprint density at radius 2 is 1.82 bits per heavy atom. The van der Waals surface area contributed by atoms with Crippen molar-refractivity contribution in [3.8, 4) is 0 Å². The van der Waals surface area contributed by atoms with Gasteiger partial charge in [-0.2, -0.15) is 0 Å².